The Morgan fingerprint density at radius 3 is 2.31 bits per heavy atom. The van der Waals surface area contributed by atoms with E-state index < -0.39 is 0 Å². The molecule has 6 heteroatoms. The van der Waals surface area contributed by atoms with E-state index in [4.69, 9.17) is 9.73 Å². The molecule has 0 aliphatic carbocycles. The van der Waals surface area contributed by atoms with E-state index in [0.717, 1.165) is 70.9 Å². The van der Waals surface area contributed by atoms with Gasteiger partial charge < -0.3 is 20.5 Å². The van der Waals surface area contributed by atoms with Crippen LogP contribution in [0.4, 0.5) is 0 Å². The van der Waals surface area contributed by atoms with Gasteiger partial charge in [-0.3, -0.25) is 4.99 Å². The van der Waals surface area contributed by atoms with Crippen LogP contribution in [0, 0.1) is 5.41 Å². The summed E-state index contributed by atoms with van der Waals surface area (Å²) in [5.74, 6) is 0.869. The van der Waals surface area contributed by atoms with Crippen LogP contribution in [0.1, 0.15) is 58.4 Å². The van der Waals surface area contributed by atoms with Crippen LogP contribution in [0.5, 0.6) is 0 Å². The number of ether oxygens (including phenoxy) is 1. The summed E-state index contributed by atoms with van der Waals surface area (Å²) in [6.45, 7) is 10.7. The average Bonchev–Trinajstić information content (AvgIpc) is 2.76. The lowest BCUT2D eigenvalue weighted by Gasteiger charge is -2.38. The zero-order valence-corrected chi connectivity index (χ0v) is 20.7. The predicted molar refractivity (Wildman–Crippen MR) is 132 cm³/mol. The molecule has 0 radical (unpaired) electrons. The van der Waals surface area contributed by atoms with E-state index in [0.29, 0.717) is 0 Å². The first-order chi connectivity index (χ1) is 13.6. The minimum absolute atomic E-state index is 0. The van der Waals surface area contributed by atoms with Crippen LogP contribution in [0.3, 0.4) is 0 Å². The highest BCUT2D eigenvalue weighted by molar-refractivity contribution is 14.0. The summed E-state index contributed by atoms with van der Waals surface area (Å²) < 4.78 is 5.65. The maximum atomic E-state index is 9.47. The van der Waals surface area contributed by atoms with Crippen molar-refractivity contribution >= 4 is 29.9 Å². The second-order valence-electron chi connectivity index (χ2n) is 7.99. The minimum Gasteiger partial charge on any atom is -0.396 e. The summed E-state index contributed by atoms with van der Waals surface area (Å²) in [5.41, 5.74) is 1.53. The molecule has 0 bridgehead atoms. The highest BCUT2D eigenvalue weighted by Crippen LogP contribution is 2.34. The molecule has 1 aliphatic heterocycles. The van der Waals surface area contributed by atoms with Crippen molar-refractivity contribution in [2.24, 2.45) is 10.4 Å². The third-order valence-corrected chi connectivity index (χ3v) is 6.49. The largest absolute Gasteiger partial charge is 0.396 e. The normalized spacial score (nSPS) is 16.8. The van der Waals surface area contributed by atoms with Gasteiger partial charge in [-0.05, 0) is 50.0 Å². The number of halogens is 1. The number of aliphatic hydroxyl groups is 1. The van der Waals surface area contributed by atoms with Crippen molar-refractivity contribution in [3.8, 4) is 0 Å². The fourth-order valence-corrected chi connectivity index (χ4v) is 4.11. The van der Waals surface area contributed by atoms with E-state index >= 15 is 0 Å². The molecule has 5 nitrogen and oxygen atoms in total. The van der Waals surface area contributed by atoms with Gasteiger partial charge in [0.1, 0.15) is 0 Å². The summed E-state index contributed by atoms with van der Waals surface area (Å²) in [6.07, 6.45) is 4.88. The van der Waals surface area contributed by atoms with Crippen molar-refractivity contribution in [1.29, 1.82) is 0 Å². The molecule has 1 aliphatic rings. The maximum absolute atomic E-state index is 9.47. The van der Waals surface area contributed by atoms with Gasteiger partial charge in [-0.1, -0.05) is 44.2 Å². The maximum Gasteiger partial charge on any atom is 0.191 e. The molecular weight excluding hydrogens is 477 g/mol. The molecule has 1 fully saturated rings. The monoisotopic (exact) mass is 517 g/mol. The number of aliphatic imine (C=N–C) groups is 1. The van der Waals surface area contributed by atoms with Crippen molar-refractivity contribution in [2.75, 3.05) is 39.5 Å². The molecule has 0 unspecified atom stereocenters. The number of aliphatic hydroxyl groups excluding tert-OH is 1. The molecule has 1 aromatic carbocycles. The summed E-state index contributed by atoms with van der Waals surface area (Å²) in [6, 6.07) is 10.8. The number of hydrogen-bond donors (Lipinski definition) is 3. The molecule has 0 spiro atoms. The van der Waals surface area contributed by atoms with E-state index in [9.17, 15) is 5.11 Å². The fraction of sp³-hybridized carbons (Fsp3) is 0.696. The van der Waals surface area contributed by atoms with Crippen molar-refractivity contribution in [1.82, 2.24) is 10.6 Å². The molecule has 0 amide bonds. The Labute approximate surface area is 194 Å². The Morgan fingerprint density at radius 1 is 1.10 bits per heavy atom. The van der Waals surface area contributed by atoms with Gasteiger partial charge in [0.15, 0.2) is 5.96 Å². The number of benzene rings is 1. The standard InChI is InChI=1S/C23H39N3O2.HI/c1-4-22(5-2,12-15-27)18-25-21(24-6-3)26-19-23(13-16-28-17-14-23)20-10-8-7-9-11-20;/h7-11,27H,4-6,12-19H2,1-3H3,(H2,24,25,26);1H. The molecule has 3 N–H and O–H groups in total. The first-order valence-corrected chi connectivity index (χ1v) is 10.9. The predicted octanol–water partition coefficient (Wildman–Crippen LogP) is 4.10. The van der Waals surface area contributed by atoms with Gasteiger partial charge in [0.05, 0.1) is 0 Å². The lowest BCUT2D eigenvalue weighted by Crippen LogP contribution is -2.48. The van der Waals surface area contributed by atoms with Gasteiger partial charge in [0, 0.05) is 44.9 Å². The Kier molecular flexibility index (Phi) is 12.1. The topological polar surface area (TPSA) is 65.9 Å². The number of guanidine groups is 1. The van der Waals surface area contributed by atoms with Gasteiger partial charge in [0.25, 0.3) is 0 Å². The minimum atomic E-state index is 0. The van der Waals surface area contributed by atoms with Crippen LogP contribution < -0.4 is 10.6 Å². The number of nitrogens with zero attached hydrogens (tertiary/aromatic N) is 1. The number of rotatable bonds is 10. The average molecular weight is 517 g/mol. The molecule has 2 rings (SSSR count). The van der Waals surface area contributed by atoms with Crippen LogP contribution in [0.15, 0.2) is 35.3 Å². The van der Waals surface area contributed by atoms with Crippen LogP contribution >= 0.6 is 24.0 Å². The van der Waals surface area contributed by atoms with Gasteiger partial charge in [-0.2, -0.15) is 0 Å². The molecule has 29 heavy (non-hydrogen) atoms. The first-order valence-electron chi connectivity index (χ1n) is 10.9. The number of hydrogen-bond acceptors (Lipinski definition) is 3. The van der Waals surface area contributed by atoms with Crippen LogP contribution in [0.2, 0.25) is 0 Å². The van der Waals surface area contributed by atoms with Crippen LogP contribution in [-0.4, -0.2) is 50.5 Å². The lowest BCUT2D eigenvalue weighted by atomic mass is 9.74. The summed E-state index contributed by atoms with van der Waals surface area (Å²) >= 11 is 0. The van der Waals surface area contributed by atoms with E-state index in [1.165, 1.54) is 5.56 Å². The van der Waals surface area contributed by atoms with Gasteiger partial charge in [0.2, 0.25) is 0 Å². The quantitative estimate of drug-likeness (QED) is 0.249. The summed E-state index contributed by atoms with van der Waals surface area (Å²) in [7, 11) is 0. The third kappa shape index (κ3) is 7.40. The highest BCUT2D eigenvalue weighted by Gasteiger charge is 2.34. The molecule has 166 valence electrons. The molecule has 1 heterocycles. The molecule has 0 aromatic heterocycles. The van der Waals surface area contributed by atoms with Crippen LogP contribution in [-0.2, 0) is 10.2 Å². The Morgan fingerprint density at radius 2 is 1.76 bits per heavy atom. The summed E-state index contributed by atoms with van der Waals surface area (Å²) in [4.78, 5) is 4.91. The van der Waals surface area contributed by atoms with E-state index in [1.54, 1.807) is 0 Å². The molecular formula is C23H40IN3O2. The molecule has 1 saturated heterocycles. The van der Waals surface area contributed by atoms with Crippen molar-refractivity contribution in [3.05, 3.63) is 35.9 Å². The van der Waals surface area contributed by atoms with Gasteiger partial charge >= 0.3 is 0 Å². The van der Waals surface area contributed by atoms with Gasteiger partial charge in [-0.25, -0.2) is 0 Å². The van der Waals surface area contributed by atoms with E-state index in [2.05, 4.69) is 61.7 Å². The molecule has 0 saturated carbocycles. The smallest absolute Gasteiger partial charge is 0.191 e. The zero-order chi connectivity index (χ0) is 20.3. The van der Waals surface area contributed by atoms with E-state index in [-0.39, 0.29) is 41.4 Å². The Hall–Kier alpha value is -0.860. The highest BCUT2D eigenvalue weighted by atomic mass is 127. The van der Waals surface area contributed by atoms with Crippen LogP contribution in [0.25, 0.3) is 0 Å². The molecule has 0 atom stereocenters. The van der Waals surface area contributed by atoms with Crippen molar-refractivity contribution < 1.29 is 9.84 Å². The first kappa shape index (κ1) is 26.2. The number of nitrogens with one attached hydrogen (secondary N) is 2. The van der Waals surface area contributed by atoms with Crippen molar-refractivity contribution in [2.45, 2.75) is 58.3 Å². The second kappa shape index (κ2) is 13.4. The third-order valence-electron chi connectivity index (χ3n) is 6.49. The van der Waals surface area contributed by atoms with E-state index in [1.807, 2.05) is 0 Å². The zero-order valence-electron chi connectivity index (χ0n) is 18.4. The van der Waals surface area contributed by atoms with Crippen molar-refractivity contribution in [3.63, 3.8) is 0 Å². The fourth-order valence-electron chi connectivity index (χ4n) is 4.11. The Bertz CT molecular complexity index is 585. The lowest BCUT2D eigenvalue weighted by molar-refractivity contribution is 0.0513. The van der Waals surface area contributed by atoms with Gasteiger partial charge in [-0.15, -0.1) is 24.0 Å². The molecule has 1 aromatic rings. The SMILES string of the molecule is CCNC(=NCC(CC)(CC)CCO)NCC1(c2ccccc2)CCOCC1.I. The summed E-state index contributed by atoms with van der Waals surface area (Å²) in [5, 5.41) is 16.5. The Balaban J connectivity index is 0.00000420. The second-order valence-corrected chi connectivity index (χ2v) is 7.99.